The summed E-state index contributed by atoms with van der Waals surface area (Å²) in [5.74, 6) is 0.803. The van der Waals surface area contributed by atoms with Crippen LogP contribution >= 0.6 is 0 Å². The van der Waals surface area contributed by atoms with Gasteiger partial charge in [0.25, 0.3) is 0 Å². The Kier molecular flexibility index (Phi) is 6.35. The molecule has 2 aromatic carbocycles. The number of carbonyl (C=O) groups is 1. The minimum absolute atomic E-state index is 0.0287. The summed E-state index contributed by atoms with van der Waals surface area (Å²) in [6.07, 6.45) is 0.327. The highest BCUT2D eigenvalue weighted by molar-refractivity contribution is 5.91. The molecule has 1 N–H and O–H groups in total. The van der Waals surface area contributed by atoms with Crippen molar-refractivity contribution in [2.45, 2.75) is 20.3 Å². The Bertz CT molecular complexity index is 783. The number of likely N-dealkylation sites (N-methyl/N-ethyl adjacent to an activating group) is 1. The summed E-state index contributed by atoms with van der Waals surface area (Å²) in [4.78, 5) is 17.0. The molecule has 5 heteroatoms. The first-order valence-electron chi connectivity index (χ1n) is 9.55. The highest BCUT2D eigenvalue weighted by Gasteiger charge is 2.15. The van der Waals surface area contributed by atoms with Gasteiger partial charge in [0.2, 0.25) is 5.91 Å². The molecule has 1 aliphatic heterocycles. The molecule has 2 aromatic rings. The van der Waals surface area contributed by atoms with E-state index in [0.717, 1.165) is 48.7 Å². The topological polar surface area (TPSA) is 44.8 Å². The molecule has 1 fully saturated rings. The van der Waals surface area contributed by atoms with E-state index in [1.165, 1.54) is 5.69 Å². The van der Waals surface area contributed by atoms with Crippen LogP contribution in [0.25, 0.3) is 0 Å². The SMILES string of the molecule is Cc1cc(N2CCN(C)CC2)ccc1NC(=O)CCOc1ccccc1C. The second-order valence-corrected chi connectivity index (χ2v) is 7.20. The Hall–Kier alpha value is -2.53. The fraction of sp³-hybridized carbons (Fsp3) is 0.409. The summed E-state index contributed by atoms with van der Waals surface area (Å²) in [7, 11) is 2.16. The van der Waals surface area contributed by atoms with Crippen LogP contribution < -0.4 is 15.0 Å². The molecular formula is C22H29N3O2. The van der Waals surface area contributed by atoms with Crippen LogP contribution in [0.4, 0.5) is 11.4 Å². The highest BCUT2D eigenvalue weighted by atomic mass is 16.5. The van der Waals surface area contributed by atoms with Gasteiger partial charge in [-0.05, 0) is 56.3 Å². The van der Waals surface area contributed by atoms with Crippen LogP contribution in [0.2, 0.25) is 0 Å². The molecule has 0 atom stereocenters. The van der Waals surface area contributed by atoms with E-state index in [2.05, 4.69) is 34.3 Å². The monoisotopic (exact) mass is 367 g/mol. The minimum atomic E-state index is -0.0287. The van der Waals surface area contributed by atoms with Gasteiger partial charge in [-0.1, -0.05) is 18.2 Å². The first kappa shape index (κ1) is 19.2. The number of rotatable bonds is 6. The van der Waals surface area contributed by atoms with E-state index in [1.54, 1.807) is 0 Å². The smallest absolute Gasteiger partial charge is 0.227 e. The van der Waals surface area contributed by atoms with Crippen LogP contribution in [0.5, 0.6) is 5.75 Å². The number of anilines is 2. The zero-order valence-electron chi connectivity index (χ0n) is 16.5. The summed E-state index contributed by atoms with van der Waals surface area (Å²) in [5.41, 5.74) is 4.25. The first-order valence-corrected chi connectivity index (χ1v) is 9.55. The Morgan fingerprint density at radius 2 is 1.78 bits per heavy atom. The third-order valence-corrected chi connectivity index (χ3v) is 5.03. The lowest BCUT2D eigenvalue weighted by Crippen LogP contribution is -2.44. The van der Waals surface area contributed by atoms with Crippen molar-refractivity contribution in [3.63, 3.8) is 0 Å². The highest BCUT2D eigenvalue weighted by Crippen LogP contribution is 2.24. The van der Waals surface area contributed by atoms with Gasteiger partial charge in [-0.25, -0.2) is 0 Å². The summed E-state index contributed by atoms with van der Waals surface area (Å²) < 4.78 is 5.71. The summed E-state index contributed by atoms with van der Waals surface area (Å²) >= 11 is 0. The van der Waals surface area contributed by atoms with E-state index in [9.17, 15) is 4.79 Å². The average molecular weight is 367 g/mol. The number of para-hydroxylation sites is 1. The number of hydrogen-bond acceptors (Lipinski definition) is 4. The molecule has 144 valence electrons. The Morgan fingerprint density at radius 1 is 1.04 bits per heavy atom. The van der Waals surface area contributed by atoms with Gasteiger partial charge >= 0.3 is 0 Å². The van der Waals surface area contributed by atoms with Crippen LogP contribution in [0.15, 0.2) is 42.5 Å². The molecule has 5 nitrogen and oxygen atoms in total. The van der Waals surface area contributed by atoms with E-state index in [-0.39, 0.29) is 5.91 Å². The largest absolute Gasteiger partial charge is 0.493 e. The Labute approximate surface area is 161 Å². The van der Waals surface area contributed by atoms with Crippen LogP contribution in [0.1, 0.15) is 17.5 Å². The number of amides is 1. The van der Waals surface area contributed by atoms with Gasteiger partial charge in [0.15, 0.2) is 0 Å². The molecule has 0 aromatic heterocycles. The van der Waals surface area contributed by atoms with Gasteiger partial charge in [-0.2, -0.15) is 0 Å². The Morgan fingerprint density at radius 3 is 2.48 bits per heavy atom. The number of piperazine rings is 1. The van der Waals surface area contributed by atoms with E-state index in [0.29, 0.717) is 13.0 Å². The third-order valence-electron chi connectivity index (χ3n) is 5.03. The van der Waals surface area contributed by atoms with Crippen molar-refractivity contribution in [2.75, 3.05) is 50.1 Å². The first-order chi connectivity index (χ1) is 13.0. The summed E-state index contributed by atoms with van der Waals surface area (Å²) in [6.45, 7) is 8.65. The molecule has 1 heterocycles. The molecule has 0 aliphatic carbocycles. The Balaban J connectivity index is 1.51. The van der Waals surface area contributed by atoms with Crippen LogP contribution in [-0.2, 0) is 4.79 Å². The van der Waals surface area contributed by atoms with Gasteiger partial charge in [0, 0.05) is 37.6 Å². The lowest BCUT2D eigenvalue weighted by Gasteiger charge is -2.34. The fourth-order valence-electron chi connectivity index (χ4n) is 3.23. The maximum atomic E-state index is 12.3. The number of aryl methyl sites for hydroxylation is 2. The molecule has 1 amide bonds. The number of nitrogens with zero attached hydrogens (tertiary/aromatic N) is 2. The summed E-state index contributed by atoms with van der Waals surface area (Å²) in [6, 6.07) is 14.1. The summed E-state index contributed by atoms with van der Waals surface area (Å²) in [5, 5.41) is 3.00. The zero-order valence-corrected chi connectivity index (χ0v) is 16.5. The zero-order chi connectivity index (χ0) is 19.2. The molecular weight excluding hydrogens is 338 g/mol. The van der Waals surface area contributed by atoms with E-state index in [1.807, 2.05) is 44.2 Å². The molecule has 3 rings (SSSR count). The maximum Gasteiger partial charge on any atom is 0.227 e. The van der Waals surface area contributed by atoms with Crippen LogP contribution in [-0.4, -0.2) is 50.6 Å². The lowest BCUT2D eigenvalue weighted by molar-refractivity contribution is -0.116. The number of nitrogens with one attached hydrogen (secondary N) is 1. The van der Waals surface area contributed by atoms with E-state index < -0.39 is 0 Å². The average Bonchev–Trinajstić information content (AvgIpc) is 2.66. The van der Waals surface area contributed by atoms with Crippen molar-refractivity contribution in [3.8, 4) is 5.75 Å². The normalized spacial score (nSPS) is 14.9. The maximum absolute atomic E-state index is 12.3. The van der Waals surface area contributed by atoms with Crippen molar-refractivity contribution >= 4 is 17.3 Å². The van der Waals surface area contributed by atoms with Crippen molar-refractivity contribution in [1.29, 1.82) is 0 Å². The second kappa shape index (κ2) is 8.91. The number of hydrogen-bond donors (Lipinski definition) is 1. The van der Waals surface area contributed by atoms with Crippen molar-refractivity contribution < 1.29 is 9.53 Å². The van der Waals surface area contributed by atoms with Gasteiger partial charge in [-0.15, -0.1) is 0 Å². The second-order valence-electron chi connectivity index (χ2n) is 7.20. The van der Waals surface area contributed by atoms with Crippen LogP contribution in [0, 0.1) is 13.8 Å². The molecule has 0 bridgehead atoms. The van der Waals surface area contributed by atoms with Crippen LogP contribution in [0.3, 0.4) is 0 Å². The van der Waals surface area contributed by atoms with Gasteiger partial charge in [0.1, 0.15) is 5.75 Å². The number of benzene rings is 2. The minimum Gasteiger partial charge on any atom is -0.493 e. The molecule has 0 radical (unpaired) electrons. The van der Waals surface area contributed by atoms with E-state index in [4.69, 9.17) is 4.74 Å². The number of ether oxygens (including phenoxy) is 1. The standard InChI is InChI=1S/C22H29N3O2/c1-17-6-4-5-7-21(17)27-15-10-22(26)23-20-9-8-19(16-18(20)2)25-13-11-24(3)12-14-25/h4-9,16H,10-15H2,1-3H3,(H,23,26). The quantitative estimate of drug-likeness (QED) is 0.849. The van der Waals surface area contributed by atoms with Gasteiger partial charge < -0.3 is 19.9 Å². The number of carbonyl (C=O) groups excluding carboxylic acids is 1. The third kappa shape index (κ3) is 5.23. The predicted octanol–water partition coefficient (Wildman–Crippen LogP) is 3.46. The molecule has 0 unspecified atom stereocenters. The molecule has 27 heavy (non-hydrogen) atoms. The van der Waals surface area contributed by atoms with Crippen molar-refractivity contribution in [3.05, 3.63) is 53.6 Å². The van der Waals surface area contributed by atoms with Gasteiger partial charge in [0.05, 0.1) is 13.0 Å². The van der Waals surface area contributed by atoms with Gasteiger partial charge in [-0.3, -0.25) is 4.79 Å². The van der Waals surface area contributed by atoms with Crippen molar-refractivity contribution in [2.24, 2.45) is 0 Å². The molecule has 1 saturated heterocycles. The lowest BCUT2D eigenvalue weighted by atomic mass is 10.1. The van der Waals surface area contributed by atoms with Crippen molar-refractivity contribution in [1.82, 2.24) is 4.90 Å². The van der Waals surface area contributed by atoms with E-state index >= 15 is 0 Å². The molecule has 1 aliphatic rings. The predicted molar refractivity (Wildman–Crippen MR) is 111 cm³/mol. The molecule has 0 saturated carbocycles. The molecule has 0 spiro atoms. The fourth-order valence-corrected chi connectivity index (χ4v) is 3.23.